The van der Waals surface area contributed by atoms with Crippen LogP contribution < -0.4 is 9.80 Å². The van der Waals surface area contributed by atoms with Crippen LogP contribution in [0.5, 0.6) is 0 Å². The van der Waals surface area contributed by atoms with E-state index in [0.717, 1.165) is 76.4 Å². The number of aromatic carboxylic acids is 2. The van der Waals surface area contributed by atoms with E-state index in [2.05, 4.69) is 89.6 Å². The van der Waals surface area contributed by atoms with Crippen LogP contribution in [0.3, 0.4) is 0 Å². The second kappa shape index (κ2) is 12.7. The van der Waals surface area contributed by atoms with Gasteiger partial charge < -0.3 is 20.0 Å². The van der Waals surface area contributed by atoms with E-state index in [9.17, 15) is 19.8 Å². The standard InChI is InChI=1S/C42H36N2O4/c1-27-30(23-31-17-19-33(41(45)46)25-38(27)31)16-15-28-13-14-29(21-22-37-24-32-18-20-34(42(47)48)26-39(32)43(37)2)40(28)44(35-9-5-3-6-10-35)36-11-7-4-8-12-36/h3-12,15-22,25-26H,13-14,23-24H2,1-2H3,(H,45,46)(H,47,48)/b16-15+,29-21?,37-22+. The van der Waals surface area contributed by atoms with Gasteiger partial charge in [0.25, 0.3) is 0 Å². The molecule has 0 aromatic heterocycles. The maximum Gasteiger partial charge on any atom is 0.335 e. The Morgan fingerprint density at radius 2 is 1.31 bits per heavy atom. The van der Waals surface area contributed by atoms with Crippen molar-refractivity contribution in [2.24, 2.45) is 0 Å². The summed E-state index contributed by atoms with van der Waals surface area (Å²) < 4.78 is 0. The van der Waals surface area contributed by atoms with Crippen LogP contribution >= 0.6 is 0 Å². The summed E-state index contributed by atoms with van der Waals surface area (Å²) in [6.45, 7) is 2.08. The fourth-order valence-corrected chi connectivity index (χ4v) is 6.99. The Labute approximate surface area is 280 Å². The molecule has 0 spiro atoms. The minimum absolute atomic E-state index is 0.289. The lowest BCUT2D eigenvalue weighted by atomic mass is 10.0. The number of anilines is 3. The number of likely N-dealkylation sites (N-methyl/N-ethyl adjacent to an activating group) is 1. The van der Waals surface area contributed by atoms with Gasteiger partial charge in [0.05, 0.1) is 16.8 Å². The first-order chi connectivity index (χ1) is 23.3. The van der Waals surface area contributed by atoms with Crippen molar-refractivity contribution in [2.75, 3.05) is 16.8 Å². The SMILES string of the molecule is CC1=C(/C=C/C2=C(N(c3ccccc3)c3ccccc3)C(=C/C=C3\Cc4ccc(C(=O)O)cc4N3C)CC2)Cc2ccc(C(=O)O)cc21. The summed E-state index contributed by atoms with van der Waals surface area (Å²) in [6, 6.07) is 31.6. The molecule has 0 radical (unpaired) electrons. The molecule has 4 aromatic rings. The van der Waals surface area contributed by atoms with Gasteiger partial charge >= 0.3 is 11.9 Å². The van der Waals surface area contributed by atoms with Crippen molar-refractivity contribution in [3.63, 3.8) is 0 Å². The summed E-state index contributed by atoms with van der Waals surface area (Å²) in [5.41, 5.74) is 13.9. The highest BCUT2D eigenvalue weighted by Gasteiger charge is 2.27. The van der Waals surface area contributed by atoms with Gasteiger partial charge in [-0.25, -0.2) is 9.59 Å². The molecule has 6 heteroatoms. The van der Waals surface area contributed by atoms with E-state index in [1.54, 1.807) is 24.3 Å². The second-order valence-corrected chi connectivity index (χ2v) is 12.5. The molecule has 0 saturated carbocycles. The molecule has 48 heavy (non-hydrogen) atoms. The number of fused-ring (bicyclic) bond motifs is 2. The van der Waals surface area contributed by atoms with Crippen molar-refractivity contribution in [1.29, 1.82) is 0 Å². The highest BCUT2D eigenvalue weighted by Crippen LogP contribution is 2.43. The van der Waals surface area contributed by atoms with E-state index in [4.69, 9.17) is 0 Å². The smallest absolute Gasteiger partial charge is 0.335 e. The van der Waals surface area contributed by atoms with Crippen molar-refractivity contribution >= 4 is 34.6 Å². The van der Waals surface area contributed by atoms with Gasteiger partial charge in [0.2, 0.25) is 0 Å². The topological polar surface area (TPSA) is 81.1 Å². The van der Waals surface area contributed by atoms with Gasteiger partial charge in [-0.1, -0.05) is 66.8 Å². The monoisotopic (exact) mass is 632 g/mol. The van der Waals surface area contributed by atoms with E-state index in [1.165, 1.54) is 16.7 Å². The lowest BCUT2D eigenvalue weighted by Gasteiger charge is -2.28. The van der Waals surface area contributed by atoms with Crippen molar-refractivity contribution in [2.45, 2.75) is 32.6 Å². The Bertz CT molecular complexity index is 2060. The van der Waals surface area contributed by atoms with Crippen LogP contribution in [-0.2, 0) is 12.8 Å². The summed E-state index contributed by atoms with van der Waals surface area (Å²) in [6.07, 6.45) is 12.1. The lowest BCUT2D eigenvalue weighted by Crippen LogP contribution is -2.17. The van der Waals surface area contributed by atoms with Crippen LogP contribution in [0, 0.1) is 0 Å². The number of hydrogen-bond donors (Lipinski definition) is 2. The first-order valence-corrected chi connectivity index (χ1v) is 16.2. The maximum absolute atomic E-state index is 11.6. The van der Waals surface area contributed by atoms with Crippen LogP contribution in [0.4, 0.5) is 17.1 Å². The Hall–Kier alpha value is -5.88. The van der Waals surface area contributed by atoms with E-state index in [0.29, 0.717) is 5.56 Å². The highest BCUT2D eigenvalue weighted by atomic mass is 16.4. The van der Waals surface area contributed by atoms with Gasteiger partial charge in [0.15, 0.2) is 0 Å². The number of para-hydroxylation sites is 2. The van der Waals surface area contributed by atoms with Gasteiger partial charge in [0, 0.05) is 36.2 Å². The molecule has 0 saturated heterocycles. The molecule has 0 bridgehead atoms. The van der Waals surface area contributed by atoms with Crippen molar-refractivity contribution in [3.05, 3.63) is 177 Å². The van der Waals surface area contributed by atoms with Crippen LogP contribution in [0.1, 0.15) is 57.2 Å². The minimum Gasteiger partial charge on any atom is -0.478 e. The second-order valence-electron chi connectivity index (χ2n) is 12.5. The third-order valence-electron chi connectivity index (χ3n) is 9.61. The highest BCUT2D eigenvalue weighted by molar-refractivity contribution is 5.91. The number of carboxylic acids is 2. The van der Waals surface area contributed by atoms with Crippen molar-refractivity contribution in [3.8, 4) is 0 Å². The number of nitrogens with zero attached hydrogens (tertiary/aromatic N) is 2. The Morgan fingerprint density at radius 1 is 0.708 bits per heavy atom. The van der Waals surface area contributed by atoms with Crippen molar-refractivity contribution < 1.29 is 19.8 Å². The molecule has 0 amide bonds. The normalized spacial score (nSPS) is 17.2. The van der Waals surface area contributed by atoms with Gasteiger partial charge in [-0.3, -0.25) is 0 Å². The molecular formula is C42H36N2O4. The number of benzene rings is 4. The molecule has 0 unspecified atom stereocenters. The number of carbonyl (C=O) groups is 2. The fourth-order valence-electron chi connectivity index (χ4n) is 6.99. The molecule has 3 aliphatic rings. The summed E-state index contributed by atoms with van der Waals surface area (Å²) in [5, 5.41) is 19.1. The lowest BCUT2D eigenvalue weighted by molar-refractivity contribution is 0.0686. The number of allylic oxidation sites excluding steroid dienone is 9. The molecule has 238 valence electrons. The van der Waals surface area contributed by atoms with E-state index < -0.39 is 11.9 Å². The van der Waals surface area contributed by atoms with Gasteiger partial charge in [-0.15, -0.1) is 0 Å². The molecular weight excluding hydrogens is 596 g/mol. The number of rotatable bonds is 8. The zero-order valence-corrected chi connectivity index (χ0v) is 27.0. The molecule has 6 nitrogen and oxygen atoms in total. The molecule has 0 atom stereocenters. The number of carboxylic acid groups (broad SMARTS) is 2. The van der Waals surface area contributed by atoms with Crippen LogP contribution in [0.2, 0.25) is 0 Å². The Kier molecular flexibility index (Phi) is 8.15. The quantitative estimate of drug-likeness (QED) is 0.202. The molecule has 0 fully saturated rings. The van der Waals surface area contributed by atoms with E-state index >= 15 is 0 Å². The first kappa shape index (κ1) is 30.8. The average Bonchev–Trinajstić information content (AvgIpc) is 3.75. The number of hydrogen-bond acceptors (Lipinski definition) is 4. The van der Waals surface area contributed by atoms with Crippen molar-refractivity contribution in [1.82, 2.24) is 0 Å². The Morgan fingerprint density at radius 3 is 1.96 bits per heavy atom. The minimum atomic E-state index is -0.925. The summed E-state index contributed by atoms with van der Waals surface area (Å²) in [5.74, 6) is -1.84. The van der Waals surface area contributed by atoms with Gasteiger partial charge in [-0.2, -0.15) is 0 Å². The van der Waals surface area contributed by atoms with E-state index in [1.807, 2.05) is 31.3 Å². The molecule has 7 rings (SSSR count). The van der Waals surface area contributed by atoms with Crippen LogP contribution in [-0.4, -0.2) is 29.2 Å². The first-order valence-electron chi connectivity index (χ1n) is 16.2. The average molecular weight is 633 g/mol. The van der Waals surface area contributed by atoms with Gasteiger partial charge in [0.1, 0.15) is 0 Å². The van der Waals surface area contributed by atoms with Gasteiger partial charge in [-0.05, 0) is 120 Å². The summed E-state index contributed by atoms with van der Waals surface area (Å²) in [7, 11) is 2.00. The summed E-state index contributed by atoms with van der Waals surface area (Å²) >= 11 is 0. The van der Waals surface area contributed by atoms with Crippen LogP contribution in [0.15, 0.2) is 149 Å². The third kappa shape index (κ3) is 5.77. The molecule has 2 aliphatic carbocycles. The molecule has 1 heterocycles. The predicted octanol–water partition coefficient (Wildman–Crippen LogP) is 9.36. The summed E-state index contributed by atoms with van der Waals surface area (Å²) in [4.78, 5) is 27.7. The van der Waals surface area contributed by atoms with E-state index in [-0.39, 0.29) is 5.56 Å². The molecule has 2 N–H and O–H groups in total. The van der Waals surface area contributed by atoms with Crippen LogP contribution in [0.25, 0.3) is 5.57 Å². The largest absolute Gasteiger partial charge is 0.478 e. The zero-order valence-electron chi connectivity index (χ0n) is 27.0. The Balaban J connectivity index is 1.31. The zero-order chi connectivity index (χ0) is 33.4. The molecule has 1 aliphatic heterocycles. The maximum atomic E-state index is 11.6. The fraction of sp³-hybridized carbons (Fsp3) is 0.143. The third-order valence-corrected chi connectivity index (χ3v) is 9.61. The molecule has 4 aromatic carbocycles. The predicted molar refractivity (Wildman–Crippen MR) is 192 cm³/mol.